The Morgan fingerprint density at radius 1 is 1.41 bits per heavy atom. The number of esters is 1. The van der Waals surface area contributed by atoms with E-state index in [1.807, 2.05) is 0 Å². The van der Waals surface area contributed by atoms with Gasteiger partial charge in [-0.25, -0.2) is 14.9 Å². The first kappa shape index (κ1) is 14.1. The number of halogens is 1. The third-order valence-corrected chi connectivity index (χ3v) is 3.14. The van der Waals surface area contributed by atoms with Gasteiger partial charge in [0, 0.05) is 12.4 Å². The van der Waals surface area contributed by atoms with Crippen LogP contribution in [0.5, 0.6) is 0 Å². The summed E-state index contributed by atoms with van der Waals surface area (Å²) in [4.78, 5) is 27.7. The van der Waals surface area contributed by atoms with Crippen LogP contribution in [0.15, 0.2) is 35.4 Å². The molecule has 3 rings (SSSR count). The second kappa shape index (κ2) is 5.49. The van der Waals surface area contributed by atoms with Crippen molar-refractivity contribution in [3.63, 3.8) is 0 Å². The summed E-state index contributed by atoms with van der Waals surface area (Å²) < 4.78 is 6.13. The second-order valence-electron chi connectivity index (χ2n) is 4.34. The molecule has 3 heterocycles. The number of aromatic amines is 1. The van der Waals surface area contributed by atoms with Crippen LogP contribution in [0.4, 0.5) is 5.82 Å². The van der Waals surface area contributed by atoms with Crippen molar-refractivity contribution in [3.8, 4) is 11.3 Å². The van der Waals surface area contributed by atoms with Crippen molar-refractivity contribution in [3.05, 3.63) is 51.7 Å². The molecular formula is C13H10ClN5O3. The van der Waals surface area contributed by atoms with Gasteiger partial charge in [-0.15, -0.1) is 0 Å². The number of nitrogens with one attached hydrogen (secondary N) is 2. The summed E-state index contributed by atoms with van der Waals surface area (Å²) in [5.74, 6) is -0.157. The van der Waals surface area contributed by atoms with Gasteiger partial charge in [0.2, 0.25) is 0 Å². The van der Waals surface area contributed by atoms with E-state index in [9.17, 15) is 9.59 Å². The van der Waals surface area contributed by atoms with E-state index in [4.69, 9.17) is 16.3 Å². The number of methoxy groups -OCH3 is 1. The average molecular weight is 320 g/mol. The molecule has 0 saturated carbocycles. The van der Waals surface area contributed by atoms with Gasteiger partial charge in [-0.2, -0.15) is 5.10 Å². The largest absolute Gasteiger partial charge is 0.465 e. The molecule has 8 nitrogen and oxygen atoms in total. The fraction of sp³-hybridized carbons (Fsp3) is 0.0769. The van der Waals surface area contributed by atoms with Crippen molar-refractivity contribution < 1.29 is 9.53 Å². The maximum atomic E-state index is 11.8. The van der Waals surface area contributed by atoms with Crippen molar-refractivity contribution in [2.45, 2.75) is 0 Å². The van der Waals surface area contributed by atoms with Gasteiger partial charge in [0.1, 0.15) is 22.2 Å². The Hall–Kier alpha value is -2.87. The van der Waals surface area contributed by atoms with Crippen LogP contribution in [0.3, 0.4) is 0 Å². The minimum Gasteiger partial charge on any atom is -0.465 e. The molecule has 0 aromatic carbocycles. The quantitative estimate of drug-likeness (QED) is 0.558. The number of hydrogen-bond donors (Lipinski definition) is 2. The monoisotopic (exact) mass is 319 g/mol. The first-order chi connectivity index (χ1) is 10.6. The van der Waals surface area contributed by atoms with E-state index in [1.165, 1.54) is 24.2 Å². The van der Waals surface area contributed by atoms with Gasteiger partial charge in [-0.3, -0.25) is 14.9 Å². The molecule has 0 atom stereocenters. The molecule has 0 spiro atoms. The number of aromatic nitrogens is 4. The Bertz CT molecular complexity index is 872. The zero-order valence-electron chi connectivity index (χ0n) is 11.3. The fourth-order valence-electron chi connectivity index (χ4n) is 1.96. The number of H-pyrrole nitrogens is 1. The normalized spacial score (nSPS) is 10.6. The van der Waals surface area contributed by atoms with Gasteiger partial charge in [0.15, 0.2) is 0 Å². The molecule has 0 amide bonds. The maximum absolute atomic E-state index is 11.8. The number of nitrogens with zero attached hydrogens (tertiary/aromatic N) is 3. The van der Waals surface area contributed by atoms with Gasteiger partial charge >= 0.3 is 5.97 Å². The van der Waals surface area contributed by atoms with Crippen LogP contribution in [-0.2, 0) is 4.74 Å². The fourth-order valence-corrected chi connectivity index (χ4v) is 2.13. The topological polar surface area (TPSA) is 102 Å². The highest BCUT2D eigenvalue weighted by Gasteiger charge is 2.21. The molecular weight excluding hydrogens is 310 g/mol. The summed E-state index contributed by atoms with van der Waals surface area (Å²) in [6.45, 7) is 0. The predicted molar refractivity (Wildman–Crippen MR) is 79.1 cm³/mol. The summed E-state index contributed by atoms with van der Waals surface area (Å²) >= 11 is 5.82. The van der Waals surface area contributed by atoms with E-state index in [-0.39, 0.29) is 16.8 Å². The molecule has 0 saturated heterocycles. The van der Waals surface area contributed by atoms with E-state index >= 15 is 0 Å². The smallest absolute Gasteiger partial charge is 0.341 e. The number of pyridine rings is 2. The summed E-state index contributed by atoms with van der Waals surface area (Å²) in [7, 11) is 1.25. The van der Waals surface area contributed by atoms with E-state index in [0.29, 0.717) is 11.0 Å². The van der Waals surface area contributed by atoms with Crippen LogP contribution in [0, 0.1) is 0 Å². The molecule has 0 aliphatic carbocycles. The van der Waals surface area contributed by atoms with Gasteiger partial charge in [-0.1, -0.05) is 17.7 Å². The van der Waals surface area contributed by atoms with Crippen LogP contribution < -0.4 is 11.0 Å². The third-order valence-electron chi connectivity index (χ3n) is 2.92. The minimum absolute atomic E-state index is 0.146. The molecule has 0 bridgehead atoms. The molecule has 2 N–H and O–H groups in total. The highest BCUT2D eigenvalue weighted by molar-refractivity contribution is 6.29. The number of anilines is 1. The van der Waals surface area contributed by atoms with Crippen molar-refractivity contribution in [1.82, 2.24) is 19.9 Å². The lowest BCUT2D eigenvalue weighted by Gasteiger charge is -2.13. The summed E-state index contributed by atoms with van der Waals surface area (Å²) in [5.41, 5.74) is 3.14. The number of hydrogen-bond acceptors (Lipinski definition) is 6. The number of rotatable bonds is 3. The number of ether oxygens (including phenoxy) is 1. The van der Waals surface area contributed by atoms with Gasteiger partial charge < -0.3 is 4.74 Å². The molecule has 22 heavy (non-hydrogen) atoms. The van der Waals surface area contributed by atoms with Crippen molar-refractivity contribution in [1.29, 1.82) is 0 Å². The molecule has 1 aromatic heterocycles. The molecule has 0 unspecified atom stereocenters. The first-order valence-electron chi connectivity index (χ1n) is 6.17. The third kappa shape index (κ3) is 2.51. The van der Waals surface area contributed by atoms with Gasteiger partial charge in [0.25, 0.3) is 5.56 Å². The van der Waals surface area contributed by atoms with Crippen LogP contribution in [0.1, 0.15) is 10.4 Å². The number of carbonyl (C=O) groups excluding carboxylic acids is 1. The highest BCUT2D eigenvalue weighted by atomic mass is 35.5. The maximum Gasteiger partial charge on any atom is 0.341 e. The van der Waals surface area contributed by atoms with Crippen LogP contribution in [0.25, 0.3) is 11.3 Å². The predicted octanol–water partition coefficient (Wildman–Crippen LogP) is 1.39. The SMILES string of the molecule is COC(=O)c1cn(Nc2cccc(Cl)n2)cc2c(=O)[nH]nc1-2. The van der Waals surface area contributed by atoms with Crippen molar-refractivity contribution in [2.75, 3.05) is 12.5 Å². The Labute approximate surface area is 129 Å². The van der Waals surface area contributed by atoms with Crippen LogP contribution >= 0.6 is 11.6 Å². The van der Waals surface area contributed by atoms with E-state index in [1.54, 1.807) is 18.2 Å². The van der Waals surface area contributed by atoms with E-state index in [2.05, 4.69) is 20.6 Å². The van der Waals surface area contributed by atoms with E-state index < -0.39 is 11.5 Å². The minimum atomic E-state index is -0.605. The molecule has 0 radical (unpaired) electrons. The average Bonchev–Trinajstić information content (AvgIpc) is 2.87. The number of fused-ring (bicyclic) bond motifs is 1. The molecule has 1 aromatic rings. The lowest BCUT2D eigenvalue weighted by molar-refractivity contribution is 0.0600. The lowest BCUT2D eigenvalue weighted by Crippen LogP contribution is -2.16. The summed E-state index contributed by atoms with van der Waals surface area (Å²) in [6, 6.07) is 5.04. The zero-order valence-corrected chi connectivity index (χ0v) is 12.1. The Morgan fingerprint density at radius 3 is 2.95 bits per heavy atom. The summed E-state index contributed by atoms with van der Waals surface area (Å²) in [6.07, 6.45) is 2.95. The second-order valence-corrected chi connectivity index (χ2v) is 4.73. The van der Waals surface area contributed by atoms with Crippen LogP contribution in [0.2, 0.25) is 5.15 Å². The highest BCUT2D eigenvalue weighted by Crippen LogP contribution is 2.20. The molecule has 2 aliphatic rings. The molecule has 9 heteroatoms. The first-order valence-corrected chi connectivity index (χ1v) is 6.54. The lowest BCUT2D eigenvalue weighted by atomic mass is 10.1. The van der Waals surface area contributed by atoms with E-state index in [0.717, 1.165) is 0 Å². The van der Waals surface area contributed by atoms with Gasteiger partial charge in [0.05, 0.1) is 12.7 Å². The standard InChI is InChI=1S/C13H10ClN5O3/c1-22-13(21)8-6-19(5-7-11(8)16-17-12(7)20)18-10-4-2-3-9(14)15-10/h2-6H,1H3,(H,15,18)(H,17,20). The Balaban J connectivity index is 2.09. The van der Waals surface area contributed by atoms with Crippen molar-refractivity contribution in [2.24, 2.45) is 0 Å². The number of carbonyl (C=O) groups is 1. The molecule has 2 aliphatic heterocycles. The van der Waals surface area contributed by atoms with Crippen LogP contribution in [-0.4, -0.2) is 32.9 Å². The van der Waals surface area contributed by atoms with Gasteiger partial charge in [-0.05, 0) is 12.1 Å². The molecule has 0 fully saturated rings. The zero-order chi connectivity index (χ0) is 15.7. The molecule has 112 valence electrons. The Kier molecular flexibility index (Phi) is 3.51. The van der Waals surface area contributed by atoms with Crippen molar-refractivity contribution >= 4 is 23.4 Å². The Morgan fingerprint density at radius 2 is 2.23 bits per heavy atom. The summed E-state index contributed by atoms with van der Waals surface area (Å²) in [5, 5.41) is 6.45.